The third kappa shape index (κ3) is 5.04. The van der Waals surface area contributed by atoms with Crippen molar-refractivity contribution in [1.82, 2.24) is 9.13 Å². The maximum absolute atomic E-state index is 2.48. The summed E-state index contributed by atoms with van der Waals surface area (Å²) >= 11 is 0. The fraction of sp³-hybridized carbons (Fsp3) is 0. The maximum Gasteiger partial charge on any atom is 0.0635 e. The van der Waals surface area contributed by atoms with Gasteiger partial charge in [0.1, 0.15) is 0 Å². The topological polar surface area (TPSA) is 9.86 Å². The first-order valence-corrected chi connectivity index (χ1v) is 17.8. The van der Waals surface area contributed by atoms with Gasteiger partial charge in [0.25, 0.3) is 0 Å². The van der Waals surface area contributed by atoms with Crippen LogP contribution in [0.25, 0.3) is 88.6 Å². The van der Waals surface area contributed by atoms with E-state index in [1.807, 2.05) is 0 Å². The van der Waals surface area contributed by atoms with Gasteiger partial charge < -0.3 is 9.13 Å². The van der Waals surface area contributed by atoms with Crippen molar-refractivity contribution in [1.29, 1.82) is 0 Å². The van der Waals surface area contributed by atoms with Crippen molar-refractivity contribution in [3.63, 3.8) is 0 Å². The number of hydrogen-bond acceptors (Lipinski definition) is 0. The molecule has 0 N–H and O–H groups in total. The summed E-state index contributed by atoms with van der Waals surface area (Å²) in [6.45, 7) is 0. The number of aromatic nitrogens is 2. The van der Waals surface area contributed by atoms with Crippen LogP contribution in [-0.2, 0) is 0 Å². The van der Waals surface area contributed by atoms with Crippen molar-refractivity contribution >= 4 is 32.7 Å². The Morgan fingerprint density at radius 2 is 0.865 bits per heavy atom. The Balaban J connectivity index is 1.26. The molecule has 0 radical (unpaired) electrons. The Bertz CT molecular complexity index is 2810. The quantitative estimate of drug-likeness (QED) is 0.168. The van der Waals surface area contributed by atoms with Gasteiger partial charge in [-0.05, 0) is 81.4 Å². The minimum Gasteiger partial charge on any atom is -0.316 e. The van der Waals surface area contributed by atoms with Crippen molar-refractivity contribution in [2.45, 2.75) is 0 Å². The molecule has 0 atom stereocenters. The molecule has 0 spiro atoms. The maximum atomic E-state index is 2.48. The summed E-state index contributed by atoms with van der Waals surface area (Å²) in [5, 5.41) is 3.70. The summed E-state index contributed by atoms with van der Waals surface area (Å²) in [7, 11) is 0. The van der Waals surface area contributed by atoms with Gasteiger partial charge in [-0.1, -0.05) is 158 Å². The van der Waals surface area contributed by atoms with E-state index in [0.717, 1.165) is 11.4 Å². The predicted octanol–water partition coefficient (Wildman–Crippen LogP) is 13.4. The van der Waals surface area contributed by atoms with E-state index < -0.39 is 0 Å². The van der Waals surface area contributed by atoms with Crippen LogP contribution >= 0.6 is 0 Å². The molecule has 0 amide bonds. The summed E-state index contributed by atoms with van der Waals surface area (Å²) in [6, 6.07) is 72.4. The summed E-state index contributed by atoms with van der Waals surface area (Å²) in [6.07, 6.45) is 2.25. The highest BCUT2D eigenvalue weighted by atomic mass is 15.0. The van der Waals surface area contributed by atoms with Crippen LogP contribution in [0.2, 0.25) is 0 Å². The predicted molar refractivity (Wildman–Crippen MR) is 219 cm³/mol. The molecule has 0 fully saturated rings. The highest BCUT2D eigenvalue weighted by Gasteiger charge is 2.19. The number of rotatable bonds is 6. The molecule has 2 heterocycles. The van der Waals surface area contributed by atoms with Gasteiger partial charge in [-0.3, -0.25) is 0 Å². The first-order valence-electron chi connectivity index (χ1n) is 17.8. The van der Waals surface area contributed by atoms with E-state index in [1.165, 1.54) is 77.2 Å². The molecule has 0 aliphatic carbocycles. The molecule has 0 aliphatic rings. The molecular weight excluding hydrogens is 629 g/mol. The molecule has 0 aliphatic heterocycles. The molecule has 10 rings (SSSR count). The van der Waals surface area contributed by atoms with Crippen LogP contribution in [0.1, 0.15) is 0 Å². The third-order valence-electron chi connectivity index (χ3n) is 10.3. The molecule has 52 heavy (non-hydrogen) atoms. The van der Waals surface area contributed by atoms with E-state index in [4.69, 9.17) is 0 Å². The molecule has 2 aromatic heterocycles. The van der Waals surface area contributed by atoms with Crippen LogP contribution in [0.5, 0.6) is 0 Å². The van der Waals surface area contributed by atoms with Crippen molar-refractivity contribution in [2.24, 2.45) is 0 Å². The SMILES string of the molecule is c1ccc(-c2cc(-c3ccccc3)cc(-n3c4ccccc4c4ccc5c(ccn5-c5cc(-c6ccccc6)ccc5-c5ccccc5)c43)c2)cc1. The first kappa shape index (κ1) is 30.0. The van der Waals surface area contributed by atoms with Gasteiger partial charge in [-0.15, -0.1) is 0 Å². The summed E-state index contributed by atoms with van der Waals surface area (Å²) in [5.74, 6) is 0. The second kappa shape index (κ2) is 12.5. The fourth-order valence-electron chi connectivity index (χ4n) is 7.89. The van der Waals surface area contributed by atoms with Crippen molar-refractivity contribution < 1.29 is 0 Å². The highest BCUT2D eigenvalue weighted by Crippen LogP contribution is 2.41. The second-order valence-electron chi connectivity index (χ2n) is 13.4. The normalized spacial score (nSPS) is 11.5. The van der Waals surface area contributed by atoms with Crippen LogP contribution in [0.3, 0.4) is 0 Å². The van der Waals surface area contributed by atoms with E-state index >= 15 is 0 Å². The molecular formula is C50H34N2. The van der Waals surface area contributed by atoms with Crippen molar-refractivity contribution in [3.05, 3.63) is 206 Å². The number of nitrogens with zero attached hydrogens (tertiary/aromatic N) is 2. The van der Waals surface area contributed by atoms with Crippen LogP contribution < -0.4 is 0 Å². The van der Waals surface area contributed by atoms with E-state index in [2.05, 4.69) is 216 Å². The number of fused-ring (bicyclic) bond motifs is 5. The van der Waals surface area contributed by atoms with E-state index in [0.29, 0.717) is 0 Å². The molecule has 10 aromatic rings. The number of para-hydroxylation sites is 1. The zero-order valence-electron chi connectivity index (χ0n) is 28.5. The van der Waals surface area contributed by atoms with Gasteiger partial charge in [0.05, 0.1) is 22.2 Å². The minimum atomic E-state index is 1.14. The van der Waals surface area contributed by atoms with E-state index in [1.54, 1.807) is 0 Å². The average Bonchev–Trinajstić information content (AvgIpc) is 3.81. The Morgan fingerprint density at radius 1 is 0.308 bits per heavy atom. The zero-order valence-corrected chi connectivity index (χ0v) is 28.5. The van der Waals surface area contributed by atoms with Crippen LogP contribution in [-0.4, -0.2) is 9.13 Å². The van der Waals surface area contributed by atoms with Crippen molar-refractivity contribution in [2.75, 3.05) is 0 Å². The van der Waals surface area contributed by atoms with Gasteiger partial charge in [0.15, 0.2) is 0 Å². The second-order valence-corrected chi connectivity index (χ2v) is 13.4. The van der Waals surface area contributed by atoms with Gasteiger partial charge in [-0.25, -0.2) is 0 Å². The van der Waals surface area contributed by atoms with E-state index in [9.17, 15) is 0 Å². The Hall–Kier alpha value is -6.90. The van der Waals surface area contributed by atoms with Crippen LogP contribution in [0, 0.1) is 0 Å². The Morgan fingerprint density at radius 3 is 1.50 bits per heavy atom. The summed E-state index contributed by atoms with van der Waals surface area (Å²) in [5.41, 5.74) is 15.4. The molecule has 0 bridgehead atoms. The lowest BCUT2D eigenvalue weighted by Gasteiger charge is -2.16. The van der Waals surface area contributed by atoms with Crippen LogP contribution in [0.15, 0.2) is 206 Å². The molecule has 0 saturated heterocycles. The lowest BCUT2D eigenvalue weighted by Crippen LogP contribution is -1.98. The monoisotopic (exact) mass is 662 g/mol. The zero-order chi connectivity index (χ0) is 34.4. The van der Waals surface area contributed by atoms with Crippen LogP contribution in [0.4, 0.5) is 0 Å². The molecule has 244 valence electrons. The summed E-state index contributed by atoms with van der Waals surface area (Å²) in [4.78, 5) is 0. The fourth-order valence-corrected chi connectivity index (χ4v) is 7.89. The average molecular weight is 663 g/mol. The van der Waals surface area contributed by atoms with Crippen molar-refractivity contribution in [3.8, 4) is 55.9 Å². The van der Waals surface area contributed by atoms with Gasteiger partial charge >= 0.3 is 0 Å². The van der Waals surface area contributed by atoms with E-state index in [-0.39, 0.29) is 0 Å². The summed E-state index contributed by atoms with van der Waals surface area (Å²) < 4.78 is 4.86. The lowest BCUT2D eigenvalue weighted by molar-refractivity contribution is 1.13. The largest absolute Gasteiger partial charge is 0.316 e. The first-order chi connectivity index (χ1) is 25.8. The standard InChI is InChI=1S/C50H34N2/c1-5-15-35(16-6-1)39-25-26-43(38-21-11-4-12-22-38)49(34-39)51-30-29-46-47(51)28-27-45-44-23-13-14-24-48(44)52(50(45)46)42-32-40(36-17-7-2-8-18-36)31-41(33-42)37-19-9-3-10-20-37/h1-34H. The molecule has 2 nitrogen and oxygen atoms in total. The third-order valence-corrected chi connectivity index (χ3v) is 10.3. The van der Waals surface area contributed by atoms with Gasteiger partial charge in [0.2, 0.25) is 0 Å². The van der Waals surface area contributed by atoms with Gasteiger partial charge in [0, 0.05) is 33.6 Å². The molecule has 0 unspecified atom stereocenters. The molecule has 2 heteroatoms. The minimum absolute atomic E-state index is 1.14. The Labute approximate surface area is 303 Å². The molecule has 8 aromatic carbocycles. The number of hydrogen-bond donors (Lipinski definition) is 0. The smallest absolute Gasteiger partial charge is 0.0635 e. The highest BCUT2D eigenvalue weighted by molar-refractivity contribution is 6.18. The number of benzene rings is 8. The lowest BCUT2D eigenvalue weighted by atomic mass is 9.98. The van der Waals surface area contributed by atoms with Gasteiger partial charge in [-0.2, -0.15) is 0 Å². The Kier molecular flexibility index (Phi) is 7.18. The molecule has 0 saturated carbocycles.